The van der Waals surface area contributed by atoms with Crippen LogP contribution < -0.4 is 0 Å². The van der Waals surface area contributed by atoms with Crippen LogP contribution in [0.4, 0.5) is 13.2 Å². The van der Waals surface area contributed by atoms with E-state index in [4.69, 9.17) is 17.3 Å². The Labute approximate surface area is 98.3 Å². The predicted octanol–water partition coefficient (Wildman–Crippen LogP) is 1.84. The number of halogens is 3. The van der Waals surface area contributed by atoms with E-state index in [-0.39, 0.29) is 16.3 Å². The topological polar surface area (TPSA) is 53.8 Å². The van der Waals surface area contributed by atoms with Gasteiger partial charge >= 0.3 is 0 Å². The van der Waals surface area contributed by atoms with Gasteiger partial charge in [-0.05, 0) is 24.4 Å². The first-order valence-electron chi connectivity index (χ1n) is 4.47. The summed E-state index contributed by atoms with van der Waals surface area (Å²) in [5.74, 6) is -4.29. The molecule has 0 aliphatic carbocycles. The fourth-order valence-corrected chi connectivity index (χ4v) is 1.62. The third-order valence-electron chi connectivity index (χ3n) is 2.14. The summed E-state index contributed by atoms with van der Waals surface area (Å²) in [6.45, 7) is -0.522. The Bertz CT molecular complexity index is 622. The molecular formula is C9H6F3N3OS. The number of aliphatic hydroxyl groups is 1. The van der Waals surface area contributed by atoms with Crippen LogP contribution in [-0.2, 0) is 6.61 Å². The molecule has 0 atom stereocenters. The van der Waals surface area contributed by atoms with Crippen LogP contribution in [0.5, 0.6) is 0 Å². The fourth-order valence-electron chi connectivity index (χ4n) is 1.37. The first kappa shape index (κ1) is 11.8. The van der Waals surface area contributed by atoms with Gasteiger partial charge in [0.05, 0.1) is 5.69 Å². The highest BCUT2D eigenvalue weighted by atomic mass is 32.1. The van der Waals surface area contributed by atoms with Gasteiger partial charge in [-0.2, -0.15) is 5.10 Å². The van der Waals surface area contributed by atoms with Gasteiger partial charge in [-0.15, -0.1) is 0 Å². The van der Waals surface area contributed by atoms with Crippen LogP contribution in [0.2, 0.25) is 0 Å². The van der Waals surface area contributed by atoms with Crippen LogP contribution in [0.3, 0.4) is 0 Å². The standard InChI is InChI=1S/C9H6F3N3OS/c10-4-1-2-5(8(12)7(4)11)15-6(3-16)13-14-9(15)17/h1-2,16H,3H2,(H,14,17). The van der Waals surface area contributed by atoms with Gasteiger partial charge in [0.2, 0.25) is 0 Å². The summed E-state index contributed by atoms with van der Waals surface area (Å²) in [4.78, 5) is 0. The summed E-state index contributed by atoms with van der Waals surface area (Å²) >= 11 is 4.81. The van der Waals surface area contributed by atoms with Crippen molar-refractivity contribution in [3.8, 4) is 5.69 Å². The molecule has 17 heavy (non-hydrogen) atoms. The number of rotatable bonds is 2. The summed E-state index contributed by atoms with van der Waals surface area (Å²) in [7, 11) is 0. The van der Waals surface area contributed by atoms with Crippen LogP contribution >= 0.6 is 12.2 Å². The Morgan fingerprint density at radius 2 is 2.00 bits per heavy atom. The lowest BCUT2D eigenvalue weighted by molar-refractivity contribution is 0.268. The number of nitrogens with one attached hydrogen (secondary N) is 1. The van der Waals surface area contributed by atoms with Gasteiger partial charge in [-0.1, -0.05) is 0 Å². The molecule has 2 N–H and O–H groups in total. The molecule has 0 spiro atoms. The number of H-pyrrole nitrogens is 1. The first-order chi connectivity index (χ1) is 8.06. The molecule has 2 rings (SSSR count). The fraction of sp³-hybridized carbons (Fsp3) is 0.111. The number of benzene rings is 1. The van der Waals surface area contributed by atoms with Gasteiger partial charge in [0.1, 0.15) is 6.61 Å². The molecule has 0 aliphatic rings. The number of aliphatic hydroxyl groups excluding tert-OH is 1. The average molecular weight is 261 g/mol. The Hall–Kier alpha value is -1.67. The number of aromatic nitrogens is 3. The van der Waals surface area contributed by atoms with Crippen LogP contribution in [0.15, 0.2) is 12.1 Å². The normalized spacial score (nSPS) is 10.8. The molecule has 0 aliphatic heterocycles. The molecule has 2 aromatic rings. The Morgan fingerprint density at radius 1 is 1.29 bits per heavy atom. The van der Waals surface area contributed by atoms with Crippen molar-refractivity contribution in [3.05, 3.63) is 40.2 Å². The molecule has 0 fully saturated rings. The summed E-state index contributed by atoms with van der Waals surface area (Å²) in [6.07, 6.45) is 0. The lowest BCUT2D eigenvalue weighted by atomic mass is 10.2. The van der Waals surface area contributed by atoms with E-state index in [2.05, 4.69) is 10.2 Å². The van der Waals surface area contributed by atoms with E-state index in [0.717, 1.165) is 16.7 Å². The van der Waals surface area contributed by atoms with Crippen molar-refractivity contribution in [2.45, 2.75) is 6.61 Å². The van der Waals surface area contributed by atoms with Gasteiger partial charge in [-0.3, -0.25) is 9.67 Å². The maximum absolute atomic E-state index is 13.5. The van der Waals surface area contributed by atoms with Crippen molar-refractivity contribution in [3.63, 3.8) is 0 Å². The van der Waals surface area contributed by atoms with Crippen molar-refractivity contribution in [2.24, 2.45) is 0 Å². The number of hydrogen-bond donors (Lipinski definition) is 2. The van der Waals surface area contributed by atoms with Crippen molar-refractivity contribution in [1.29, 1.82) is 0 Å². The second-order valence-electron chi connectivity index (χ2n) is 3.13. The molecule has 1 aromatic heterocycles. The molecule has 1 heterocycles. The van der Waals surface area contributed by atoms with Crippen LogP contribution in [0.1, 0.15) is 5.82 Å². The molecule has 0 saturated heterocycles. The molecule has 1 aromatic carbocycles. The quantitative estimate of drug-likeness (QED) is 0.640. The lowest BCUT2D eigenvalue weighted by Crippen LogP contribution is -2.06. The molecule has 4 nitrogen and oxygen atoms in total. The maximum atomic E-state index is 13.5. The molecule has 0 radical (unpaired) electrons. The van der Waals surface area contributed by atoms with Crippen LogP contribution in [0.25, 0.3) is 5.69 Å². The van der Waals surface area contributed by atoms with Gasteiger partial charge in [0.15, 0.2) is 28.0 Å². The third-order valence-corrected chi connectivity index (χ3v) is 2.41. The highest BCUT2D eigenvalue weighted by molar-refractivity contribution is 7.71. The maximum Gasteiger partial charge on any atom is 0.200 e. The number of nitrogens with zero attached hydrogens (tertiary/aromatic N) is 2. The second-order valence-corrected chi connectivity index (χ2v) is 3.52. The molecule has 0 saturated carbocycles. The lowest BCUT2D eigenvalue weighted by Gasteiger charge is -2.07. The van der Waals surface area contributed by atoms with Gasteiger partial charge in [0.25, 0.3) is 0 Å². The molecule has 8 heteroatoms. The summed E-state index contributed by atoms with van der Waals surface area (Å²) < 4.78 is 40.3. The average Bonchev–Trinajstić information content (AvgIpc) is 2.68. The molecule has 90 valence electrons. The number of aromatic amines is 1. The monoisotopic (exact) mass is 261 g/mol. The summed E-state index contributed by atoms with van der Waals surface area (Å²) in [6, 6.07) is 1.78. The van der Waals surface area contributed by atoms with Crippen molar-refractivity contribution >= 4 is 12.2 Å². The van der Waals surface area contributed by atoms with Gasteiger partial charge in [-0.25, -0.2) is 13.2 Å². The SMILES string of the molecule is OCc1n[nH]c(=S)n1-c1ccc(F)c(F)c1F. The Balaban J connectivity index is 2.73. The predicted molar refractivity (Wildman–Crippen MR) is 54.5 cm³/mol. The van der Waals surface area contributed by atoms with Crippen LogP contribution in [0, 0.1) is 22.2 Å². The molecule has 0 unspecified atom stereocenters. The first-order valence-corrected chi connectivity index (χ1v) is 4.88. The van der Waals surface area contributed by atoms with Gasteiger partial charge < -0.3 is 5.11 Å². The minimum Gasteiger partial charge on any atom is -0.388 e. The van der Waals surface area contributed by atoms with Crippen molar-refractivity contribution < 1.29 is 18.3 Å². The Kier molecular flexibility index (Phi) is 2.99. The summed E-state index contributed by atoms with van der Waals surface area (Å²) in [5.41, 5.74) is -0.313. The van der Waals surface area contributed by atoms with Gasteiger partial charge in [0, 0.05) is 0 Å². The number of hydrogen-bond acceptors (Lipinski definition) is 3. The molecular weight excluding hydrogens is 255 g/mol. The van der Waals surface area contributed by atoms with E-state index < -0.39 is 24.1 Å². The molecule has 0 amide bonds. The largest absolute Gasteiger partial charge is 0.388 e. The van der Waals surface area contributed by atoms with E-state index in [9.17, 15) is 13.2 Å². The second kappa shape index (κ2) is 4.30. The van der Waals surface area contributed by atoms with E-state index in [1.807, 2.05) is 0 Å². The Morgan fingerprint density at radius 3 is 2.65 bits per heavy atom. The zero-order valence-corrected chi connectivity index (χ0v) is 9.06. The smallest absolute Gasteiger partial charge is 0.200 e. The zero-order chi connectivity index (χ0) is 12.6. The zero-order valence-electron chi connectivity index (χ0n) is 8.25. The van der Waals surface area contributed by atoms with E-state index in [0.29, 0.717) is 0 Å². The highest BCUT2D eigenvalue weighted by Crippen LogP contribution is 2.20. The summed E-state index contributed by atoms with van der Waals surface area (Å²) in [5, 5.41) is 14.9. The molecule has 0 bridgehead atoms. The van der Waals surface area contributed by atoms with Crippen molar-refractivity contribution in [1.82, 2.24) is 14.8 Å². The van der Waals surface area contributed by atoms with Crippen molar-refractivity contribution in [2.75, 3.05) is 0 Å². The van der Waals surface area contributed by atoms with E-state index in [1.54, 1.807) is 0 Å². The minimum atomic E-state index is -1.60. The van der Waals surface area contributed by atoms with E-state index >= 15 is 0 Å². The van der Waals surface area contributed by atoms with E-state index in [1.165, 1.54) is 0 Å². The van der Waals surface area contributed by atoms with Crippen LogP contribution in [-0.4, -0.2) is 19.9 Å². The minimum absolute atomic E-state index is 0.0000850. The highest BCUT2D eigenvalue weighted by Gasteiger charge is 2.17. The third kappa shape index (κ3) is 1.85.